The molecule has 0 aliphatic heterocycles. The van der Waals surface area contributed by atoms with Gasteiger partial charge in [-0.05, 0) is 58.1 Å². The standard InChI is InChI=1S/C52H32N2OS/c1-3-12-33(13-4-1)34-22-26-36(27-23-34)44-32-45(54-52(53-44)38-14-5-2-6-15-38)37-28-24-35(25-29-37)39-30-31-41(51-50(39)42-16-7-9-19-46(42)55-51)40-18-11-21-48-49(40)43-17-8-10-20-47(43)56-48/h1-32H. The van der Waals surface area contributed by atoms with E-state index in [1.54, 1.807) is 0 Å². The number of thiophene rings is 1. The van der Waals surface area contributed by atoms with Gasteiger partial charge in [0.1, 0.15) is 11.2 Å². The Balaban J connectivity index is 1.03. The summed E-state index contributed by atoms with van der Waals surface area (Å²) in [5, 5.41) is 4.78. The minimum atomic E-state index is 0.699. The highest BCUT2D eigenvalue weighted by molar-refractivity contribution is 7.25. The van der Waals surface area contributed by atoms with Gasteiger partial charge in [-0.3, -0.25) is 0 Å². The Kier molecular flexibility index (Phi) is 7.68. The Labute approximate surface area is 327 Å². The molecule has 11 aromatic rings. The molecule has 0 aliphatic carbocycles. The monoisotopic (exact) mass is 732 g/mol. The zero-order valence-corrected chi connectivity index (χ0v) is 31.0. The van der Waals surface area contributed by atoms with Crippen LogP contribution in [-0.2, 0) is 0 Å². The van der Waals surface area contributed by atoms with Crippen LogP contribution in [0.4, 0.5) is 0 Å². The quantitative estimate of drug-likeness (QED) is 0.171. The lowest BCUT2D eigenvalue weighted by molar-refractivity contribution is 0.670. The Morgan fingerprint density at radius 3 is 1.64 bits per heavy atom. The van der Waals surface area contributed by atoms with Crippen molar-refractivity contribution in [2.45, 2.75) is 0 Å². The molecule has 262 valence electrons. The second-order valence-corrected chi connectivity index (χ2v) is 15.2. The zero-order valence-electron chi connectivity index (χ0n) is 30.2. The molecule has 0 N–H and O–H groups in total. The third-order valence-electron chi connectivity index (χ3n) is 10.8. The van der Waals surface area contributed by atoms with Crippen molar-refractivity contribution >= 4 is 53.4 Å². The van der Waals surface area contributed by atoms with Gasteiger partial charge in [0, 0.05) is 53.2 Å². The second-order valence-electron chi connectivity index (χ2n) is 14.1. The summed E-state index contributed by atoms with van der Waals surface area (Å²) in [5.41, 5.74) is 13.5. The molecule has 0 amide bonds. The minimum Gasteiger partial charge on any atom is -0.455 e. The van der Waals surface area contributed by atoms with Crippen LogP contribution in [0.1, 0.15) is 0 Å². The van der Waals surface area contributed by atoms with Gasteiger partial charge in [0.15, 0.2) is 5.82 Å². The summed E-state index contributed by atoms with van der Waals surface area (Å²) in [6, 6.07) is 68.3. The number of fused-ring (bicyclic) bond motifs is 6. The predicted octanol–water partition coefficient (Wildman–Crippen LogP) is 14.7. The molecule has 4 heteroatoms. The zero-order chi connectivity index (χ0) is 37.0. The Morgan fingerprint density at radius 1 is 0.357 bits per heavy atom. The van der Waals surface area contributed by atoms with E-state index in [4.69, 9.17) is 14.4 Å². The lowest BCUT2D eigenvalue weighted by Gasteiger charge is -2.12. The molecule has 0 unspecified atom stereocenters. The Morgan fingerprint density at radius 2 is 0.911 bits per heavy atom. The van der Waals surface area contributed by atoms with Gasteiger partial charge in [-0.25, -0.2) is 9.97 Å². The first-order valence-electron chi connectivity index (χ1n) is 18.8. The molecule has 3 nitrogen and oxygen atoms in total. The van der Waals surface area contributed by atoms with E-state index in [-0.39, 0.29) is 0 Å². The molecule has 3 heterocycles. The fourth-order valence-corrected chi connectivity index (χ4v) is 9.16. The van der Waals surface area contributed by atoms with Crippen molar-refractivity contribution in [2.75, 3.05) is 0 Å². The fraction of sp³-hybridized carbons (Fsp3) is 0. The van der Waals surface area contributed by atoms with E-state index in [2.05, 4.69) is 164 Å². The second kappa shape index (κ2) is 13.3. The number of nitrogens with zero attached hydrogens (tertiary/aromatic N) is 2. The van der Waals surface area contributed by atoms with E-state index in [9.17, 15) is 0 Å². The Hall–Kier alpha value is -7.14. The van der Waals surface area contributed by atoms with Crippen LogP contribution in [0.3, 0.4) is 0 Å². The van der Waals surface area contributed by atoms with Crippen LogP contribution >= 0.6 is 11.3 Å². The largest absolute Gasteiger partial charge is 0.455 e. The average molecular weight is 733 g/mol. The summed E-state index contributed by atoms with van der Waals surface area (Å²) < 4.78 is 9.33. The number of furan rings is 1. The highest BCUT2D eigenvalue weighted by atomic mass is 32.1. The first-order chi connectivity index (χ1) is 27.7. The van der Waals surface area contributed by atoms with Crippen molar-refractivity contribution in [2.24, 2.45) is 0 Å². The molecule has 3 aromatic heterocycles. The van der Waals surface area contributed by atoms with E-state index in [1.165, 1.54) is 36.9 Å². The van der Waals surface area contributed by atoms with Gasteiger partial charge in [-0.1, -0.05) is 164 Å². The van der Waals surface area contributed by atoms with Gasteiger partial charge in [-0.15, -0.1) is 11.3 Å². The summed E-state index contributed by atoms with van der Waals surface area (Å²) in [6.07, 6.45) is 0. The van der Waals surface area contributed by atoms with Gasteiger partial charge in [0.05, 0.1) is 11.4 Å². The molecule has 11 rings (SSSR count). The van der Waals surface area contributed by atoms with Gasteiger partial charge in [-0.2, -0.15) is 0 Å². The number of rotatable bonds is 6. The average Bonchev–Trinajstić information content (AvgIpc) is 3.86. The molecule has 0 radical (unpaired) electrons. The van der Waals surface area contributed by atoms with Gasteiger partial charge in [0.2, 0.25) is 0 Å². The van der Waals surface area contributed by atoms with E-state index in [0.29, 0.717) is 5.82 Å². The third kappa shape index (κ3) is 5.50. The lowest BCUT2D eigenvalue weighted by atomic mass is 9.92. The Bertz CT molecular complexity index is 3220. The van der Waals surface area contributed by atoms with Crippen molar-refractivity contribution in [1.29, 1.82) is 0 Å². The first-order valence-corrected chi connectivity index (χ1v) is 19.6. The van der Waals surface area contributed by atoms with Crippen LogP contribution in [-0.4, -0.2) is 9.97 Å². The molecule has 0 atom stereocenters. The van der Waals surface area contributed by atoms with E-state index >= 15 is 0 Å². The summed E-state index contributed by atoms with van der Waals surface area (Å²) in [5.74, 6) is 0.699. The number of aromatic nitrogens is 2. The molecule has 0 aliphatic rings. The third-order valence-corrected chi connectivity index (χ3v) is 11.9. The lowest BCUT2D eigenvalue weighted by Crippen LogP contribution is -1.96. The van der Waals surface area contributed by atoms with E-state index in [1.807, 2.05) is 41.7 Å². The number of hydrogen-bond donors (Lipinski definition) is 0. The van der Waals surface area contributed by atoms with Gasteiger partial charge < -0.3 is 4.42 Å². The summed E-state index contributed by atoms with van der Waals surface area (Å²) >= 11 is 1.84. The molecular weight excluding hydrogens is 701 g/mol. The van der Waals surface area contributed by atoms with Crippen molar-refractivity contribution in [1.82, 2.24) is 9.97 Å². The fourth-order valence-electron chi connectivity index (χ4n) is 8.02. The van der Waals surface area contributed by atoms with Crippen LogP contribution in [0.2, 0.25) is 0 Å². The normalized spacial score (nSPS) is 11.6. The molecular formula is C52H32N2OS. The maximum atomic E-state index is 6.76. The minimum absolute atomic E-state index is 0.699. The maximum Gasteiger partial charge on any atom is 0.160 e. The highest BCUT2D eigenvalue weighted by Crippen LogP contribution is 2.46. The summed E-state index contributed by atoms with van der Waals surface area (Å²) in [4.78, 5) is 10.2. The van der Waals surface area contributed by atoms with Crippen molar-refractivity contribution in [3.8, 4) is 67.3 Å². The highest BCUT2D eigenvalue weighted by Gasteiger charge is 2.20. The van der Waals surface area contributed by atoms with Crippen LogP contribution in [0.15, 0.2) is 199 Å². The van der Waals surface area contributed by atoms with Crippen LogP contribution in [0.25, 0.3) is 109 Å². The van der Waals surface area contributed by atoms with Gasteiger partial charge in [0.25, 0.3) is 0 Å². The van der Waals surface area contributed by atoms with Crippen molar-refractivity contribution in [3.05, 3.63) is 194 Å². The van der Waals surface area contributed by atoms with Crippen LogP contribution in [0.5, 0.6) is 0 Å². The number of para-hydroxylation sites is 1. The van der Waals surface area contributed by atoms with Crippen LogP contribution < -0.4 is 0 Å². The van der Waals surface area contributed by atoms with E-state index < -0.39 is 0 Å². The summed E-state index contributed by atoms with van der Waals surface area (Å²) in [6.45, 7) is 0. The number of hydrogen-bond acceptors (Lipinski definition) is 4. The van der Waals surface area contributed by atoms with Crippen molar-refractivity contribution in [3.63, 3.8) is 0 Å². The molecule has 56 heavy (non-hydrogen) atoms. The van der Waals surface area contributed by atoms with E-state index in [0.717, 1.165) is 66.7 Å². The summed E-state index contributed by atoms with van der Waals surface area (Å²) in [7, 11) is 0. The molecule has 8 aromatic carbocycles. The molecule has 0 saturated heterocycles. The maximum absolute atomic E-state index is 6.76. The topological polar surface area (TPSA) is 38.9 Å². The molecule has 0 fully saturated rings. The molecule has 0 bridgehead atoms. The SMILES string of the molecule is c1ccc(-c2ccc(-c3cc(-c4ccc(-c5ccc(-c6cccc7sc8ccccc8c67)c6oc7ccccc7c56)cc4)nc(-c4ccccc4)n3)cc2)cc1. The van der Waals surface area contributed by atoms with Crippen LogP contribution in [0, 0.1) is 0 Å². The van der Waals surface area contributed by atoms with Gasteiger partial charge >= 0.3 is 0 Å². The first kappa shape index (κ1) is 32.3. The smallest absolute Gasteiger partial charge is 0.160 e. The van der Waals surface area contributed by atoms with Crippen molar-refractivity contribution < 1.29 is 4.42 Å². The molecule has 0 saturated carbocycles. The predicted molar refractivity (Wildman–Crippen MR) is 235 cm³/mol. The number of benzene rings is 8. The molecule has 0 spiro atoms.